The Morgan fingerprint density at radius 3 is 1.75 bits per heavy atom. The molecule has 1 rings (SSSR count). The zero-order chi connectivity index (χ0) is 74.4. The van der Waals surface area contributed by atoms with Gasteiger partial charge in [-0.05, 0) is 131 Å². The zero-order valence-electron chi connectivity index (χ0n) is 61.7. The number of benzene rings is 1. The van der Waals surface area contributed by atoms with Gasteiger partial charge in [0.15, 0.2) is 11.9 Å². The van der Waals surface area contributed by atoms with Crippen molar-refractivity contribution in [2.45, 2.75) is 235 Å². The first-order valence-electron chi connectivity index (χ1n) is 34.3. The van der Waals surface area contributed by atoms with Gasteiger partial charge < -0.3 is 60.6 Å². The summed E-state index contributed by atoms with van der Waals surface area (Å²) < 4.78 is 18.0. The number of primary amides is 2. The first kappa shape index (κ1) is 88.1. The van der Waals surface area contributed by atoms with Crippen molar-refractivity contribution in [3.05, 3.63) is 42.5 Å². The lowest BCUT2D eigenvalue weighted by Gasteiger charge is -2.43. The van der Waals surface area contributed by atoms with Crippen LogP contribution >= 0.6 is 12.2 Å². The standard InChI is InChI=1S/C71H120N10O15S/c1-21-22-26-51(62(87)61(65(73)89)80(19)59(85)38-49(14)33-34-74-57(83)32-29-43(2)3)30-31-53(96-70(97)95-52-27-24-23-25-28-52)39-58(84)77(16)41-60(86)81(20)71(42-82,40-47(10)11)76-54(35-44(4)5)68(92)79(18)56(37-46(8)9)67(91)75-66(90)50(15)94-63(48(12)13)69(93)78(17)55(64(72)88)36-45(6)7/h21-25,27-28,42-51,53-56,61-63,76,87H,26,29-41H2,1-20H3,(H2,72,88)(H2,73,89)(H,74,83)(H,75,90,91)/b22-21+/t49?,50-,51-,53?,54+,55-,56-,61+,62+,63-,71-/m0/s1. The molecule has 0 saturated heterocycles. The number of hydrogen-bond donors (Lipinski definition) is 6. The average Bonchev–Trinajstić information content (AvgIpc) is 0.801. The van der Waals surface area contributed by atoms with Crippen molar-refractivity contribution < 1.29 is 72.1 Å². The molecule has 0 aliphatic carbocycles. The molecule has 0 aliphatic rings. The molecule has 0 heterocycles. The Kier molecular flexibility index (Phi) is 39.5. The van der Waals surface area contributed by atoms with Crippen molar-refractivity contribution in [2.75, 3.05) is 48.3 Å². The fraction of sp³-hybridized carbons (Fsp3) is 0.718. The van der Waals surface area contributed by atoms with Gasteiger partial charge >= 0.3 is 5.24 Å². The Morgan fingerprint density at radius 1 is 0.660 bits per heavy atom. The van der Waals surface area contributed by atoms with Crippen molar-refractivity contribution >= 4 is 82.8 Å². The van der Waals surface area contributed by atoms with Gasteiger partial charge in [-0.3, -0.25) is 63.4 Å². The van der Waals surface area contributed by atoms with Crippen molar-refractivity contribution in [1.82, 2.24) is 40.4 Å². The number of nitrogens with two attached hydrogens (primary N) is 2. The highest BCUT2D eigenvalue weighted by atomic mass is 32.1. The Morgan fingerprint density at radius 2 is 1.24 bits per heavy atom. The van der Waals surface area contributed by atoms with Crippen molar-refractivity contribution in [3.63, 3.8) is 0 Å². The lowest BCUT2D eigenvalue weighted by molar-refractivity contribution is -0.159. The van der Waals surface area contributed by atoms with Gasteiger partial charge in [0.25, 0.3) is 11.8 Å². The predicted molar refractivity (Wildman–Crippen MR) is 377 cm³/mol. The summed E-state index contributed by atoms with van der Waals surface area (Å²) in [6.07, 6.45) is 1.12. The number of aliphatic hydroxyl groups excluding tert-OH is 1. The van der Waals surface area contributed by atoms with Crippen molar-refractivity contribution in [2.24, 2.45) is 58.8 Å². The predicted octanol–water partition coefficient (Wildman–Crippen LogP) is 6.30. The van der Waals surface area contributed by atoms with E-state index in [1.807, 2.05) is 76.2 Å². The van der Waals surface area contributed by atoms with Gasteiger partial charge in [-0.25, -0.2) is 0 Å². The summed E-state index contributed by atoms with van der Waals surface area (Å²) in [5, 5.41) is 20.2. The van der Waals surface area contributed by atoms with E-state index in [9.17, 15) is 53.1 Å². The number of ether oxygens (including phenoxy) is 3. The molecule has 0 aromatic heterocycles. The number of carbonyl (C=O) groups excluding carboxylic acids is 11. The minimum atomic E-state index is -1.87. The van der Waals surface area contributed by atoms with E-state index in [4.69, 9.17) is 37.9 Å². The maximum absolute atomic E-state index is 15.0. The van der Waals surface area contributed by atoms with E-state index in [0.717, 1.165) is 21.1 Å². The maximum Gasteiger partial charge on any atom is 0.358 e. The van der Waals surface area contributed by atoms with Gasteiger partial charge in [-0.15, -0.1) is 0 Å². The molecule has 0 spiro atoms. The van der Waals surface area contributed by atoms with Gasteiger partial charge in [0.2, 0.25) is 47.3 Å². The number of carbonyl (C=O) groups is 11. The van der Waals surface area contributed by atoms with E-state index in [1.165, 1.54) is 52.0 Å². The monoisotopic (exact) mass is 1380 g/mol. The smallest absolute Gasteiger partial charge is 0.358 e. The van der Waals surface area contributed by atoms with Crippen LogP contribution in [0.4, 0.5) is 0 Å². The molecule has 0 aliphatic heterocycles. The molecule has 8 N–H and O–H groups in total. The quantitative estimate of drug-likeness (QED) is 0.0181. The van der Waals surface area contributed by atoms with Crippen LogP contribution in [0.1, 0.15) is 181 Å². The number of aliphatic hydroxyl groups is 1. The lowest BCUT2D eigenvalue weighted by atomic mass is 9.86. The molecule has 0 fully saturated rings. The highest BCUT2D eigenvalue weighted by Gasteiger charge is 2.45. The highest BCUT2D eigenvalue weighted by Crippen LogP contribution is 2.28. The molecule has 11 atom stereocenters. The second kappa shape index (κ2) is 43.5. The SMILES string of the molecule is C/C=C/C[C@@H](CCC(CC(=O)N(C)CC(=O)N(C)[C@](C=O)(CC(C)C)N[C@H](CC(C)C)C(=O)N(C)[C@@H](CC(C)C)C(=O)NC(=O)[C@H](C)O[C@H](C(=O)N(C)[C@@H](CC(C)C)C(N)=O)C(C)C)OC(=S)Oc1ccccc1)[C@@H](O)[C@H](C(N)=O)N(C)C(=O)CC(C)CCNC(=O)CCC(C)C. The lowest BCUT2D eigenvalue weighted by Crippen LogP contribution is -2.67. The summed E-state index contributed by atoms with van der Waals surface area (Å²) in [7, 11) is 7.04. The second-order valence-electron chi connectivity index (χ2n) is 28.5. The summed E-state index contributed by atoms with van der Waals surface area (Å²) in [6.45, 7) is 27.1. The maximum atomic E-state index is 15.0. The van der Waals surface area contributed by atoms with Crippen LogP contribution in [0.15, 0.2) is 42.5 Å². The molecule has 26 heteroatoms. The van der Waals surface area contributed by atoms with Gasteiger partial charge in [0.05, 0.1) is 25.1 Å². The number of likely N-dealkylation sites (N-methyl/N-ethyl adjacent to an activating group) is 5. The topological polar surface area (TPSA) is 340 Å². The largest absolute Gasteiger partial charge is 0.453 e. The Bertz CT molecular complexity index is 2750. The Balaban J connectivity index is 3.62. The third kappa shape index (κ3) is 30.8. The first-order valence-corrected chi connectivity index (χ1v) is 34.7. The number of para-hydroxylation sites is 1. The Labute approximate surface area is 583 Å². The molecule has 550 valence electrons. The van der Waals surface area contributed by atoms with Crippen molar-refractivity contribution in [3.8, 4) is 5.75 Å². The zero-order valence-corrected chi connectivity index (χ0v) is 62.5. The second-order valence-corrected chi connectivity index (χ2v) is 28.9. The van der Waals surface area contributed by atoms with Gasteiger partial charge in [-0.1, -0.05) is 120 Å². The van der Waals surface area contributed by atoms with Crippen LogP contribution in [-0.2, 0) is 62.2 Å². The summed E-state index contributed by atoms with van der Waals surface area (Å²) in [6, 6.07) is 3.70. The first-order chi connectivity index (χ1) is 45.1. The van der Waals surface area contributed by atoms with Crippen LogP contribution in [0.25, 0.3) is 0 Å². The van der Waals surface area contributed by atoms with Crippen LogP contribution in [0, 0.1) is 47.3 Å². The van der Waals surface area contributed by atoms with Gasteiger partial charge in [0.1, 0.15) is 42.2 Å². The molecule has 0 radical (unpaired) electrons. The summed E-state index contributed by atoms with van der Waals surface area (Å²) in [4.78, 5) is 157. The molecule has 1 aromatic rings. The fourth-order valence-corrected chi connectivity index (χ4v) is 11.5. The summed E-state index contributed by atoms with van der Waals surface area (Å²) >= 11 is 5.53. The minimum Gasteiger partial charge on any atom is -0.453 e. The molecular formula is C71H120N10O15S. The normalized spacial score (nSPS) is 15.5. The number of amides is 10. The third-order valence-corrected chi connectivity index (χ3v) is 17.2. The summed E-state index contributed by atoms with van der Waals surface area (Å²) in [5.41, 5.74) is 9.76. The number of nitrogens with one attached hydrogen (secondary N) is 3. The van der Waals surface area contributed by atoms with E-state index < -0.39 is 126 Å². The Hall–Kier alpha value is -6.90. The number of hydrogen-bond acceptors (Lipinski definition) is 17. The van der Waals surface area contributed by atoms with E-state index in [0.29, 0.717) is 43.8 Å². The van der Waals surface area contributed by atoms with Crippen LogP contribution in [0.3, 0.4) is 0 Å². The number of nitrogens with zero attached hydrogens (tertiary/aromatic N) is 5. The van der Waals surface area contributed by atoms with Crippen LogP contribution in [0.5, 0.6) is 5.75 Å². The summed E-state index contributed by atoms with van der Waals surface area (Å²) in [5.74, 6) is -7.66. The molecule has 1 aromatic carbocycles. The van der Waals surface area contributed by atoms with Crippen LogP contribution in [0.2, 0.25) is 0 Å². The fourth-order valence-electron chi connectivity index (χ4n) is 11.3. The van der Waals surface area contributed by atoms with E-state index >= 15 is 4.79 Å². The molecule has 0 saturated carbocycles. The number of allylic oxidation sites excluding steroid dienone is 2. The molecule has 2 unspecified atom stereocenters. The number of imide groups is 1. The molecular weight excluding hydrogens is 1260 g/mol. The minimum absolute atomic E-state index is 0.00474. The number of thiocarbonyl (C=S) groups is 1. The van der Waals surface area contributed by atoms with E-state index in [2.05, 4.69) is 16.0 Å². The molecule has 10 amide bonds. The van der Waals surface area contributed by atoms with Crippen LogP contribution < -0.4 is 32.2 Å². The van der Waals surface area contributed by atoms with Crippen LogP contribution in [-0.4, -0.2) is 203 Å². The van der Waals surface area contributed by atoms with E-state index in [-0.39, 0.29) is 92.1 Å². The van der Waals surface area contributed by atoms with Gasteiger partial charge in [0, 0.05) is 66.8 Å². The number of rotatable bonds is 45. The van der Waals surface area contributed by atoms with Gasteiger partial charge in [-0.2, -0.15) is 0 Å². The third-order valence-electron chi connectivity index (χ3n) is 17.1. The molecule has 25 nitrogen and oxygen atoms in total. The highest BCUT2D eigenvalue weighted by molar-refractivity contribution is 7.79. The van der Waals surface area contributed by atoms with E-state index in [1.54, 1.807) is 63.3 Å². The number of aldehydes is 1. The molecule has 97 heavy (non-hydrogen) atoms. The van der Waals surface area contributed by atoms with Crippen molar-refractivity contribution in [1.29, 1.82) is 0 Å². The molecule has 0 bridgehead atoms. The average molecular weight is 1390 g/mol.